The van der Waals surface area contributed by atoms with Crippen LogP contribution in [0.1, 0.15) is 28.5 Å². The van der Waals surface area contributed by atoms with E-state index in [0.717, 1.165) is 22.5 Å². The standard InChI is InChI=1S/C14H16FNO/c1-9-3-4-12(15)7-11(9)8-14(16)13-5-6-17-10(13)2/h3-7,14H,8,16H2,1-2H3. The first kappa shape index (κ1) is 11.9. The highest BCUT2D eigenvalue weighted by Gasteiger charge is 2.13. The number of halogens is 1. The first-order valence-corrected chi connectivity index (χ1v) is 5.62. The molecule has 2 nitrogen and oxygen atoms in total. The summed E-state index contributed by atoms with van der Waals surface area (Å²) in [5.74, 6) is 0.605. The van der Waals surface area contributed by atoms with Gasteiger partial charge in [-0.25, -0.2) is 4.39 Å². The van der Waals surface area contributed by atoms with Crippen molar-refractivity contribution in [1.29, 1.82) is 0 Å². The minimum Gasteiger partial charge on any atom is -0.469 e. The molecule has 0 bridgehead atoms. The van der Waals surface area contributed by atoms with Gasteiger partial charge in [0.1, 0.15) is 11.6 Å². The SMILES string of the molecule is Cc1ccc(F)cc1CC(N)c1ccoc1C. The van der Waals surface area contributed by atoms with Gasteiger partial charge in [0.25, 0.3) is 0 Å². The van der Waals surface area contributed by atoms with Crippen LogP contribution in [0, 0.1) is 19.7 Å². The van der Waals surface area contributed by atoms with Crippen LogP contribution in [0.3, 0.4) is 0 Å². The van der Waals surface area contributed by atoms with Crippen LogP contribution in [0.4, 0.5) is 4.39 Å². The Morgan fingerprint density at radius 2 is 2.06 bits per heavy atom. The van der Waals surface area contributed by atoms with Gasteiger partial charge in [-0.1, -0.05) is 6.07 Å². The third-order valence-corrected chi connectivity index (χ3v) is 3.05. The molecule has 17 heavy (non-hydrogen) atoms. The van der Waals surface area contributed by atoms with E-state index in [1.54, 1.807) is 18.4 Å². The molecule has 2 aromatic rings. The zero-order chi connectivity index (χ0) is 12.4. The third kappa shape index (κ3) is 2.56. The van der Waals surface area contributed by atoms with Gasteiger partial charge in [-0.15, -0.1) is 0 Å². The summed E-state index contributed by atoms with van der Waals surface area (Å²) in [6.07, 6.45) is 2.24. The van der Waals surface area contributed by atoms with Gasteiger partial charge < -0.3 is 10.2 Å². The normalized spacial score (nSPS) is 12.7. The Morgan fingerprint density at radius 1 is 1.29 bits per heavy atom. The van der Waals surface area contributed by atoms with E-state index in [4.69, 9.17) is 10.2 Å². The summed E-state index contributed by atoms with van der Waals surface area (Å²) in [7, 11) is 0. The molecular formula is C14H16FNO. The molecule has 1 heterocycles. The molecule has 0 saturated heterocycles. The van der Waals surface area contributed by atoms with Crippen molar-refractivity contribution in [1.82, 2.24) is 0 Å². The lowest BCUT2D eigenvalue weighted by Crippen LogP contribution is -2.14. The molecule has 0 radical (unpaired) electrons. The van der Waals surface area contributed by atoms with Gasteiger partial charge in [0.05, 0.1) is 6.26 Å². The van der Waals surface area contributed by atoms with Crippen molar-refractivity contribution < 1.29 is 8.81 Å². The quantitative estimate of drug-likeness (QED) is 0.883. The maximum Gasteiger partial charge on any atom is 0.123 e. The van der Waals surface area contributed by atoms with Crippen LogP contribution in [0.15, 0.2) is 34.9 Å². The minimum atomic E-state index is -0.221. The molecular weight excluding hydrogens is 217 g/mol. The van der Waals surface area contributed by atoms with E-state index in [2.05, 4.69) is 0 Å². The summed E-state index contributed by atoms with van der Waals surface area (Å²) in [5.41, 5.74) is 9.09. The van der Waals surface area contributed by atoms with Gasteiger partial charge in [0.2, 0.25) is 0 Å². The number of hydrogen-bond acceptors (Lipinski definition) is 2. The van der Waals surface area contributed by atoms with Crippen LogP contribution < -0.4 is 5.73 Å². The molecule has 1 atom stereocenters. The summed E-state index contributed by atoms with van der Waals surface area (Å²) in [6, 6.07) is 6.50. The third-order valence-electron chi connectivity index (χ3n) is 3.05. The van der Waals surface area contributed by atoms with Gasteiger partial charge in [-0.2, -0.15) is 0 Å². The Kier molecular flexibility index (Phi) is 3.29. The fraction of sp³-hybridized carbons (Fsp3) is 0.286. The zero-order valence-corrected chi connectivity index (χ0v) is 10.0. The van der Waals surface area contributed by atoms with Crippen LogP contribution in [0.2, 0.25) is 0 Å². The average molecular weight is 233 g/mol. The highest BCUT2D eigenvalue weighted by Crippen LogP contribution is 2.22. The first-order chi connectivity index (χ1) is 8.08. The molecule has 0 amide bonds. The molecule has 90 valence electrons. The molecule has 0 saturated carbocycles. The van der Waals surface area contributed by atoms with E-state index < -0.39 is 0 Å². The van der Waals surface area contributed by atoms with Crippen molar-refractivity contribution in [3.05, 3.63) is 58.8 Å². The van der Waals surface area contributed by atoms with Crippen molar-refractivity contribution in [3.63, 3.8) is 0 Å². The van der Waals surface area contributed by atoms with Crippen LogP contribution >= 0.6 is 0 Å². The predicted octanol–water partition coefficient (Wildman–Crippen LogP) is 3.28. The minimum absolute atomic E-state index is 0.158. The summed E-state index contributed by atoms with van der Waals surface area (Å²) < 4.78 is 18.4. The predicted molar refractivity (Wildman–Crippen MR) is 65.2 cm³/mol. The van der Waals surface area contributed by atoms with Gasteiger partial charge in [0.15, 0.2) is 0 Å². The second-order valence-corrected chi connectivity index (χ2v) is 4.31. The van der Waals surface area contributed by atoms with Crippen molar-refractivity contribution in [2.75, 3.05) is 0 Å². The van der Waals surface area contributed by atoms with E-state index >= 15 is 0 Å². The lowest BCUT2D eigenvalue weighted by molar-refractivity contribution is 0.523. The first-order valence-electron chi connectivity index (χ1n) is 5.62. The monoisotopic (exact) mass is 233 g/mol. The van der Waals surface area contributed by atoms with E-state index in [9.17, 15) is 4.39 Å². The highest BCUT2D eigenvalue weighted by atomic mass is 19.1. The summed E-state index contributed by atoms with van der Waals surface area (Å²) in [6.45, 7) is 3.84. The molecule has 1 aromatic heterocycles. The number of furan rings is 1. The van der Waals surface area contributed by atoms with Crippen LogP contribution in [-0.4, -0.2) is 0 Å². The Morgan fingerprint density at radius 3 is 2.71 bits per heavy atom. The molecule has 0 aliphatic carbocycles. The molecule has 0 aliphatic heterocycles. The molecule has 3 heteroatoms. The van der Waals surface area contributed by atoms with Crippen LogP contribution in [0.5, 0.6) is 0 Å². The number of benzene rings is 1. The van der Waals surface area contributed by atoms with Crippen LogP contribution in [-0.2, 0) is 6.42 Å². The van der Waals surface area contributed by atoms with E-state index in [1.165, 1.54) is 6.07 Å². The zero-order valence-electron chi connectivity index (χ0n) is 10.0. The van der Waals surface area contributed by atoms with E-state index in [-0.39, 0.29) is 11.9 Å². The van der Waals surface area contributed by atoms with Gasteiger partial charge in [-0.05, 0) is 49.6 Å². The second-order valence-electron chi connectivity index (χ2n) is 4.31. The van der Waals surface area contributed by atoms with E-state index in [0.29, 0.717) is 6.42 Å². The van der Waals surface area contributed by atoms with Crippen molar-refractivity contribution in [2.45, 2.75) is 26.3 Å². The maximum atomic E-state index is 13.2. The smallest absolute Gasteiger partial charge is 0.123 e. The lowest BCUT2D eigenvalue weighted by Gasteiger charge is -2.13. The second kappa shape index (κ2) is 4.72. The lowest BCUT2D eigenvalue weighted by atomic mass is 9.97. The van der Waals surface area contributed by atoms with Gasteiger partial charge in [-0.3, -0.25) is 0 Å². The average Bonchev–Trinajstić information content (AvgIpc) is 2.70. The Bertz CT molecular complexity index is 519. The molecule has 2 rings (SSSR count). The molecule has 1 unspecified atom stereocenters. The van der Waals surface area contributed by atoms with Crippen molar-refractivity contribution >= 4 is 0 Å². The molecule has 2 N–H and O–H groups in total. The van der Waals surface area contributed by atoms with Crippen LogP contribution in [0.25, 0.3) is 0 Å². The summed E-state index contributed by atoms with van der Waals surface area (Å²) >= 11 is 0. The van der Waals surface area contributed by atoms with Gasteiger partial charge >= 0.3 is 0 Å². The molecule has 0 spiro atoms. The molecule has 1 aromatic carbocycles. The maximum absolute atomic E-state index is 13.2. The molecule has 0 fully saturated rings. The molecule has 0 aliphatic rings. The fourth-order valence-corrected chi connectivity index (χ4v) is 1.99. The number of nitrogens with two attached hydrogens (primary N) is 1. The van der Waals surface area contributed by atoms with Gasteiger partial charge in [0, 0.05) is 11.6 Å². The van der Waals surface area contributed by atoms with Crippen molar-refractivity contribution in [3.8, 4) is 0 Å². The number of hydrogen-bond donors (Lipinski definition) is 1. The topological polar surface area (TPSA) is 39.2 Å². The Hall–Kier alpha value is -1.61. The summed E-state index contributed by atoms with van der Waals surface area (Å²) in [5, 5.41) is 0. The Labute approximate surface area is 100 Å². The number of rotatable bonds is 3. The largest absolute Gasteiger partial charge is 0.469 e. The fourth-order valence-electron chi connectivity index (χ4n) is 1.99. The number of aryl methyl sites for hydroxylation is 2. The highest BCUT2D eigenvalue weighted by molar-refractivity contribution is 5.30. The van der Waals surface area contributed by atoms with E-state index in [1.807, 2.05) is 19.9 Å². The Balaban J connectivity index is 2.21. The van der Waals surface area contributed by atoms with Crippen molar-refractivity contribution in [2.24, 2.45) is 5.73 Å². The summed E-state index contributed by atoms with van der Waals surface area (Å²) in [4.78, 5) is 0.